The molecule has 2 fully saturated rings. The lowest BCUT2D eigenvalue weighted by Crippen LogP contribution is -2.62. The third-order valence-electron chi connectivity index (χ3n) is 6.36. The normalized spacial score (nSPS) is 21.8. The summed E-state index contributed by atoms with van der Waals surface area (Å²) < 4.78 is 18.7. The molecule has 1 N–H and O–H groups in total. The van der Waals surface area contributed by atoms with Crippen molar-refractivity contribution in [3.8, 4) is 5.75 Å². The van der Waals surface area contributed by atoms with Gasteiger partial charge in [0.15, 0.2) is 6.10 Å². The van der Waals surface area contributed by atoms with Crippen LogP contribution in [0.1, 0.15) is 46.0 Å². The Morgan fingerprint density at radius 2 is 1.79 bits per heavy atom. The molecule has 0 aromatic heterocycles. The molecule has 2 aliphatic rings. The Balaban J connectivity index is 1.57. The minimum atomic E-state index is -0.608. The lowest BCUT2D eigenvalue weighted by atomic mass is 9.79. The maximum atomic E-state index is 13.0. The van der Waals surface area contributed by atoms with Gasteiger partial charge in [-0.15, -0.1) is 0 Å². The number of nitrogens with zero attached hydrogens (tertiary/aromatic N) is 2. The highest BCUT2D eigenvalue weighted by molar-refractivity contribution is 5.80. The first-order valence-corrected chi connectivity index (χ1v) is 10.7. The molecule has 0 unspecified atom stereocenters. The fourth-order valence-electron chi connectivity index (χ4n) is 4.52. The van der Waals surface area contributed by atoms with E-state index < -0.39 is 6.10 Å². The van der Waals surface area contributed by atoms with Gasteiger partial charge in [0.25, 0.3) is 5.91 Å². The summed E-state index contributed by atoms with van der Waals surface area (Å²) >= 11 is 0. The predicted molar refractivity (Wildman–Crippen MR) is 109 cm³/mol. The van der Waals surface area contributed by atoms with Gasteiger partial charge in [-0.1, -0.05) is 26.2 Å². The third kappa shape index (κ3) is 5.23. The van der Waals surface area contributed by atoms with Gasteiger partial charge in [0.1, 0.15) is 11.6 Å². The Morgan fingerprint density at radius 1 is 1.14 bits per heavy atom. The second kappa shape index (κ2) is 9.70. The number of nitrogens with one attached hydrogen (secondary N) is 1. The maximum Gasteiger partial charge on any atom is 0.260 e. The third-order valence-corrected chi connectivity index (χ3v) is 6.36. The summed E-state index contributed by atoms with van der Waals surface area (Å²) in [5, 5.41) is 3.15. The average molecular weight is 392 g/mol. The molecule has 1 saturated carbocycles. The minimum Gasteiger partial charge on any atom is -0.481 e. The number of hydrogen-bond acceptors (Lipinski definition) is 4. The van der Waals surface area contributed by atoms with Crippen molar-refractivity contribution in [3.05, 3.63) is 30.1 Å². The summed E-state index contributed by atoms with van der Waals surface area (Å²) in [6.45, 7) is 10.1. The monoisotopic (exact) mass is 391 g/mol. The van der Waals surface area contributed by atoms with E-state index >= 15 is 0 Å². The number of amides is 1. The molecule has 1 aliphatic carbocycles. The number of rotatable bonds is 7. The number of benzene rings is 1. The van der Waals surface area contributed by atoms with E-state index in [9.17, 15) is 9.18 Å². The van der Waals surface area contributed by atoms with Crippen LogP contribution in [-0.4, -0.2) is 66.6 Å². The standard InChI is InChI=1S/C22H34FN3O2/c1-3-25-13-15-26(16-14-25)22(11-5-4-6-12-22)17-24-21(27)18(2)28-20-9-7-19(23)8-10-20/h7-10,18H,3-6,11-17H2,1-2H3,(H,24,27)/t18-/m1/s1. The fraction of sp³-hybridized carbons (Fsp3) is 0.682. The van der Waals surface area contributed by atoms with E-state index in [1.54, 1.807) is 19.1 Å². The molecule has 28 heavy (non-hydrogen) atoms. The topological polar surface area (TPSA) is 44.8 Å². The van der Waals surface area contributed by atoms with E-state index in [2.05, 4.69) is 22.0 Å². The summed E-state index contributed by atoms with van der Waals surface area (Å²) in [4.78, 5) is 17.7. The van der Waals surface area contributed by atoms with Gasteiger partial charge in [-0.05, 0) is 50.6 Å². The Morgan fingerprint density at radius 3 is 2.39 bits per heavy atom. The van der Waals surface area contributed by atoms with Crippen LogP contribution in [0.25, 0.3) is 0 Å². The molecule has 1 heterocycles. The first-order valence-electron chi connectivity index (χ1n) is 10.7. The Labute approximate surface area is 168 Å². The number of halogens is 1. The zero-order valence-corrected chi connectivity index (χ0v) is 17.3. The van der Waals surface area contributed by atoms with E-state index in [1.807, 2.05) is 0 Å². The molecule has 3 rings (SSSR count). The van der Waals surface area contributed by atoms with Crippen LogP contribution < -0.4 is 10.1 Å². The van der Waals surface area contributed by atoms with Gasteiger partial charge in [-0.2, -0.15) is 0 Å². The number of carbonyl (C=O) groups excluding carboxylic acids is 1. The van der Waals surface area contributed by atoms with Crippen LogP contribution in [0.3, 0.4) is 0 Å². The van der Waals surface area contributed by atoms with Gasteiger partial charge in [0.05, 0.1) is 0 Å². The van der Waals surface area contributed by atoms with Crippen molar-refractivity contribution >= 4 is 5.91 Å². The molecule has 0 radical (unpaired) electrons. The van der Waals surface area contributed by atoms with E-state index in [0.29, 0.717) is 12.3 Å². The number of hydrogen-bond donors (Lipinski definition) is 1. The van der Waals surface area contributed by atoms with Crippen molar-refractivity contribution < 1.29 is 13.9 Å². The molecule has 0 spiro atoms. The first kappa shape index (κ1) is 21.1. The van der Waals surface area contributed by atoms with Crippen molar-refractivity contribution in [3.63, 3.8) is 0 Å². The smallest absolute Gasteiger partial charge is 0.260 e. The summed E-state index contributed by atoms with van der Waals surface area (Å²) in [5.41, 5.74) is 0.0728. The molecule has 5 nitrogen and oxygen atoms in total. The number of ether oxygens (including phenoxy) is 1. The molecule has 1 atom stereocenters. The van der Waals surface area contributed by atoms with Crippen LogP contribution in [0.5, 0.6) is 5.75 Å². The minimum absolute atomic E-state index is 0.0728. The van der Waals surface area contributed by atoms with Gasteiger partial charge in [-0.25, -0.2) is 4.39 Å². The highest BCUT2D eigenvalue weighted by Crippen LogP contribution is 2.34. The lowest BCUT2D eigenvalue weighted by Gasteiger charge is -2.50. The van der Waals surface area contributed by atoms with Crippen molar-refractivity contribution in [2.45, 2.75) is 57.6 Å². The fourth-order valence-corrected chi connectivity index (χ4v) is 4.52. The number of likely N-dealkylation sites (N-methyl/N-ethyl adjacent to an activating group) is 1. The van der Waals surface area contributed by atoms with Crippen LogP contribution in [0.15, 0.2) is 24.3 Å². The zero-order chi connectivity index (χ0) is 20.0. The summed E-state index contributed by atoms with van der Waals surface area (Å²) in [5.74, 6) is 0.0837. The SMILES string of the molecule is CCN1CCN(C2(CNC(=O)[C@@H](C)Oc3ccc(F)cc3)CCCCC2)CC1. The maximum absolute atomic E-state index is 13.0. The molecule has 1 amide bonds. The summed E-state index contributed by atoms with van der Waals surface area (Å²) in [7, 11) is 0. The van der Waals surface area contributed by atoms with E-state index in [4.69, 9.17) is 4.74 Å². The van der Waals surface area contributed by atoms with Crippen LogP contribution in [0.4, 0.5) is 4.39 Å². The molecule has 1 aromatic carbocycles. The Hall–Kier alpha value is -1.66. The van der Waals surface area contributed by atoms with E-state index in [-0.39, 0.29) is 17.3 Å². The van der Waals surface area contributed by atoms with Crippen molar-refractivity contribution in [2.24, 2.45) is 0 Å². The van der Waals surface area contributed by atoms with Gasteiger partial charge in [0.2, 0.25) is 0 Å². The van der Waals surface area contributed by atoms with Crippen LogP contribution >= 0.6 is 0 Å². The van der Waals surface area contributed by atoms with Gasteiger partial charge >= 0.3 is 0 Å². The molecule has 1 aliphatic heterocycles. The average Bonchev–Trinajstić information content (AvgIpc) is 2.74. The van der Waals surface area contributed by atoms with Crippen LogP contribution in [0, 0.1) is 5.82 Å². The van der Waals surface area contributed by atoms with Crippen molar-refractivity contribution in [2.75, 3.05) is 39.3 Å². The van der Waals surface area contributed by atoms with Gasteiger partial charge in [-0.3, -0.25) is 9.69 Å². The lowest BCUT2D eigenvalue weighted by molar-refractivity contribution is -0.128. The van der Waals surface area contributed by atoms with Crippen molar-refractivity contribution in [1.29, 1.82) is 0 Å². The Bertz CT molecular complexity index is 623. The highest BCUT2D eigenvalue weighted by atomic mass is 19.1. The Kier molecular flexibility index (Phi) is 7.30. The molecule has 156 valence electrons. The number of piperazine rings is 1. The molecule has 0 bridgehead atoms. The number of carbonyl (C=O) groups is 1. The molecule has 1 aromatic rings. The molecular weight excluding hydrogens is 357 g/mol. The second-order valence-corrected chi connectivity index (χ2v) is 8.14. The predicted octanol–water partition coefficient (Wildman–Crippen LogP) is 3.05. The second-order valence-electron chi connectivity index (χ2n) is 8.14. The van der Waals surface area contributed by atoms with E-state index in [1.165, 1.54) is 31.4 Å². The first-order chi connectivity index (χ1) is 13.5. The highest BCUT2D eigenvalue weighted by Gasteiger charge is 2.39. The summed E-state index contributed by atoms with van der Waals surface area (Å²) in [6.07, 6.45) is 5.42. The van der Waals surface area contributed by atoms with Gasteiger partial charge < -0.3 is 15.0 Å². The van der Waals surface area contributed by atoms with Crippen LogP contribution in [-0.2, 0) is 4.79 Å². The quantitative estimate of drug-likeness (QED) is 0.776. The van der Waals surface area contributed by atoms with Gasteiger partial charge in [0, 0.05) is 38.3 Å². The van der Waals surface area contributed by atoms with E-state index in [0.717, 1.165) is 45.6 Å². The zero-order valence-electron chi connectivity index (χ0n) is 17.3. The summed E-state index contributed by atoms with van der Waals surface area (Å²) in [6, 6.07) is 5.78. The van der Waals surface area contributed by atoms with Crippen LogP contribution in [0.2, 0.25) is 0 Å². The largest absolute Gasteiger partial charge is 0.481 e. The molecule has 1 saturated heterocycles. The molecular formula is C22H34FN3O2. The van der Waals surface area contributed by atoms with Crippen molar-refractivity contribution in [1.82, 2.24) is 15.1 Å². The molecule has 6 heteroatoms.